The maximum absolute atomic E-state index is 11.4. The van der Waals surface area contributed by atoms with Gasteiger partial charge in [0.15, 0.2) is 0 Å². The Bertz CT molecular complexity index is 212. The molecule has 0 atom stereocenters. The minimum atomic E-state index is -0.200. The van der Waals surface area contributed by atoms with Crippen LogP contribution in [0.1, 0.15) is 27.7 Å². The van der Waals surface area contributed by atoms with Gasteiger partial charge in [-0.3, -0.25) is 0 Å². The van der Waals surface area contributed by atoms with Crippen LogP contribution in [0.2, 0.25) is 0 Å². The Kier molecular flexibility index (Phi) is 4.26. The molecule has 13 heavy (non-hydrogen) atoms. The van der Waals surface area contributed by atoms with Gasteiger partial charge in [0.05, 0.1) is 6.07 Å². The van der Waals surface area contributed by atoms with Crippen LogP contribution >= 0.6 is 0 Å². The fraction of sp³-hybridized carbons (Fsp3) is 0.778. The molecule has 0 aliphatic heterocycles. The second-order valence-electron chi connectivity index (χ2n) is 3.73. The lowest BCUT2D eigenvalue weighted by Crippen LogP contribution is -2.50. The van der Waals surface area contributed by atoms with Crippen LogP contribution in [-0.2, 0) is 0 Å². The summed E-state index contributed by atoms with van der Waals surface area (Å²) in [5.74, 6) is 0. The standard InChI is InChI=1S/C9H17N3O/c1-5-12(9(2,3)4)8(13)11-7-6-10/h5,7H2,1-4H3,(H,11,13). The first kappa shape index (κ1) is 11.8. The van der Waals surface area contributed by atoms with Crippen molar-refractivity contribution in [2.24, 2.45) is 0 Å². The first-order chi connectivity index (χ1) is 5.93. The molecule has 0 spiro atoms. The molecule has 0 aromatic carbocycles. The smallest absolute Gasteiger partial charge is 0.318 e. The molecule has 0 aliphatic rings. The fourth-order valence-electron chi connectivity index (χ4n) is 1.13. The van der Waals surface area contributed by atoms with Crippen LogP contribution in [-0.4, -0.2) is 29.6 Å². The molecule has 4 nitrogen and oxygen atoms in total. The lowest BCUT2D eigenvalue weighted by atomic mass is 10.1. The number of urea groups is 1. The van der Waals surface area contributed by atoms with Gasteiger partial charge in [-0.1, -0.05) is 0 Å². The molecule has 0 rings (SSSR count). The Balaban J connectivity index is 4.26. The fourth-order valence-corrected chi connectivity index (χ4v) is 1.13. The SMILES string of the molecule is CCN(C(=O)NCC#N)C(C)(C)C. The minimum Gasteiger partial charge on any atom is -0.325 e. The van der Waals surface area contributed by atoms with Crippen LogP contribution in [0.4, 0.5) is 4.79 Å². The summed E-state index contributed by atoms with van der Waals surface area (Å²) in [6, 6.07) is 1.69. The minimum absolute atomic E-state index is 0.0609. The third-order valence-corrected chi connectivity index (χ3v) is 1.69. The summed E-state index contributed by atoms with van der Waals surface area (Å²) in [6.07, 6.45) is 0. The molecule has 0 unspecified atom stereocenters. The van der Waals surface area contributed by atoms with Gasteiger partial charge in [0.25, 0.3) is 0 Å². The van der Waals surface area contributed by atoms with Crippen molar-refractivity contribution in [2.45, 2.75) is 33.2 Å². The molecule has 0 fully saturated rings. The predicted octanol–water partition coefficient (Wildman–Crippen LogP) is 1.34. The zero-order chi connectivity index (χ0) is 10.5. The molecule has 0 radical (unpaired) electrons. The molecule has 1 N–H and O–H groups in total. The van der Waals surface area contributed by atoms with E-state index in [2.05, 4.69) is 5.32 Å². The van der Waals surface area contributed by atoms with Gasteiger partial charge < -0.3 is 10.2 Å². The topological polar surface area (TPSA) is 56.1 Å². The second kappa shape index (κ2) is 4.70. The van der Waals surface area contributed by atoms with Gasteiger partial charge in [-0.25, -0.2) is 4.79 Å². The van der Waals surface area contributed by atoms with Gasteiger partial charge in [-0.2, -0.15) is 5.26 Å². The molecule has 0 aromatic rings. The zero-order valence-electron chi connectivity index (χ0n) is 8.72. The molecule has 0 aliphatic carbocycles. The molecular weight excluding hydrogens is 166 g/mol. The monoisotopic (exact) mass is 183 g/mol. The molecule has 2 amide bonds. The van der Waals surface area contributed by atoms with Crippen molar-refractivity contribution in [3.63, 3.8) is 0 Å². The molecule has 0 saturated heterocycles. The van der Waals surface area contributed by atoms with Crippen LogP contribution in [0.3, 0.4) is 0 Å². The Hall–Kier alpha value is -1.24. The number of carbonyl (C=O) groups is 1. The van der Waals surface area contributed by atoms with Gasteiger partial charge >= 0.3 is 6.03 Å². The van der Waals surface area contributed by atoms with E-state index in [4.69, 9.17) is 5.26 Å². The Morgan fingerprint density at radius 3 is 2.38 bits per heavy atom. The van der Waals surface area contributed by atoms with E-state index in [1.54, 1.807) is 4.90 Å². The molecule has 4 heteroatoms. The summed E-state index contributed by atoms with van der Waals surface area (Å²) in [7, 11) is 0. The van der Waals surface area contributed by atoms with Gasteiger partial charge in [-0.05, 0) is 27.7 Å². The van der Waals surface area contributed by atoms with Crippen LogP contribution in [0, 0.1) is 11.3 Å². The quantitative estimate of drug-likeness (QED) is 0.657. The van der Waals surface area contributed by atoms with Crippen molar-refractivity contribution in [1.82, 2.24) is 10.2 Å². The largest absolute Gasteiger partial charge is 0.325 e. The molecule has 0 saturated carbocycles. The van der Waals surface area contributed by atoms with Gasteiger partial charge in [0.2, 0.25) is 0 Å². The molecule has 0 aromatic heterocycles. The average molecular weight is 183 g/mol. The van der Waals surface area contributed by atoms with Crippen LogP contribution in [0.5, 0.6) is 0 Å². The van der Waals surface area contributed by atoms with Crippen molar-refractivity contribution in [2.75, 3.05) is 13.1 Å². The summed E-state index contributed by atoms with van der Waals surface area (Å²) >= 11 is 0. The predicted molar refractivity (Wildman–Crippen MR) is 51.1 cm³/mol. The molecule has 74 valence electrons. The number of hydrogen-bond acceptors (Lipinski definition) is 2. The van der Waals surface area contributed by atoms with E-state index < -0.39 is 0 Å². The normalized spacial score (nSPS) is 10.4. The number of nitrogens with zero attached hydrogens (tertiary/aromatic N) is 2. The molecule has 0 bridgehead atoms. The highest BCUT2D eigenvalue weighted by molar-refractivity contribution is 5.75. The second-order valence-corrected chi connectivity index (χ2v) is 3.73. The number of amides is 2. The van der Waals surface area contributed by atoms with Crippen molar-refractivity contribution in [3.8, 4) is 6.07 Å². The van der Waals surface area contributed by atoms with E-state index in [1.165, 1.54) is 0 Å². The van der Waals surface area contributed by atoms with Crippen LogP contribution in [0.25, 0.3) is 0 Å². The van der Waals surface area contributed by atoms with Gasteiger partial charge in [0, 0.05) is 12.1 Å². The molecule has 0 heterocycles. The van der Waals surface area contributed by atoms with E-state index >= 15 is 0 Å². The van der Waals surface area contributed by atoms with Crippen molar-refractivity contribution < 1.29 is 4.79 Å². The Morgan fingerprint density at radius 2 is 2.08 bits per heavy atom. The van der Waals surface area contributed by atoms with E-state index in [1.807, 2.05) is 33.8 Å². The summed E-state index contributed by atoms with van der Waals surface area (Å²) in [6.45, 7) is 8.50. The van der Waals surface area contributed by atoms with Crippen molar-refractivity contribution >= 4 is 6.03 Å². The van der Waals surface area contributed by atoms with Crippen molar-refractivity contribution in [1.29, 1.82) is 5.26 Å². The van der Waals surface area contributed by atoms with E-state index in [9.17, 15) is 4.79 Å². The lowest BCUT2D eigenvalue weighted by Gasteiger charge is -2.34. The summed E-state index contributed by atoms with van der Waals surface area (Å²) in [5, 5.41) is 10.8. The van der Waals surface area contributed by atoms with E-state index in [0.29, 0.717) is 6.54 Å². The Morgan fingerprint density at radius 1 is 1.54 bits per heavy atom. The van der Waals surface area contributed by atoms with Crippen LogP contribution < -0.4 is 5.32 Å². The Labute approximate surface area is 79.5 Å². The highest BCUT2D eigenvalue weighted by Gasteiger charge is 2.24. The number of carbonyl (C=O) groups excluding carboxylic acids is 1. The number of nitrogens with one attached hydrogen (secondary N) is 1. The maximum atomic E-state index is 11.4. The maximum Gasteiger partial charge on any atom is 0.318 e. The molecular formula is C9H17N3O. The summed E-state index contributed by atoms with van der Waals surface area (Å²) in [5.41, 5.74) is -0.200. The van der Waals surface area contributed by atoms with Gasteiger partial charge in [-0.15, -0.1) is 0 Å². The number of nitriles is 1. The number of hydrogen-bond donors (Lipinski definition) is 1. The number of rotatable bonds is 2. The first-order valence-corrected chi connectivity index (χ1v) is 4.36. The van der Waals surface area contributed by atoms with Gasteiger partial charge in [0.1, 0.15) is 6.54 Å². The van der Waals surface area contributed by atoms with Crippen molar-refractivity contribution in [3.05, 3.63) is 0 Å². The lowest BCUT2D eigenvalue weighted by molar-refractivity contribution is 0.151. The highest BCUT2D eigenvalue weighted by atomic mass is 16.2. The third kappa shape index (κ3) is 3.79. The average Bonchev–Trinajstić information content (AvgIpc) is 1.99. The van der Waals surface area contributed by atoms with E-state index in [-0.39, 0.29) is 18.1 Å². The first-order valence-electron chi connectivity index (χ1n) is 4.36. The third-order valence-electron chi connectivity index (χ3n) is 1.69. The van der Waals surface area contributed by atoms with Crippen LogP contribution in [0.15, 0.2) is 0 Å². The van der Waals surface area contributed by atoms with E-state index in [0.717, 1.165) is 0 Å². The summed E-state index contributed by atoms with van der Waals surface area (Å²) < 4.78 is 0. The zero-order valence-corrected chi connectivity index (χ0v) is 8.72. The highest BCUT2D eigenvalue weighted by Crippen LogP contribution is 2.12. The summed E-state index contributed by atoms with van der Waals surface area (Å²) in [4.78, 5) is 13.1.